The van der Waals surface area contributed by atoms with Gasteiger partial charge in [0.1, 0.15) is 35.2 Å². The summed E-state index contributed by atoms with van der Waals surface area (Å²) in [5.74, 6) is 2.01. The van der Waals surface area contributed by atoms with Crippen LogP contribution >= 0.6 is 0 Å². The van der Waals surface area contributed by atoms with Gasteiger partial charge in [0.15, 0.2) is 31.0 Å². The standard InChI is InChI=1S/C22H30N.2C22H32N.C21H30N.C19H26N/c1-16-14-19(22(2,3)4)10-11-20(16)21-15-18(12-13-23(21)5)17-8-6-7-9-17;1-16-9-10-18(22(5,6)7)14-19(16)20-13-17(11-12-23(20)8)15-21(2,3)4;1-16(2)12-18-9-8-17(3)20(13-18)21-14-19(10-11-23(21)7)15-22(4,5)6;1-15(2)18-9-8-16(3)19(13-18)20-12-17(10-11-22(20)7)14-21(4,5)6;1-14-7-8-15(2)17(11-14)18-12-16(9-10-20(18)6)13-19(3,4)5/h10-15,17H,6-9H2,1-5H3;9-14H,15H2,1-8H3;8-11,13-14,16H,12,15H2,1-7H3;8-13,15H,14H2,1-7H3;7-12H,13H2,1-6H3/q5*+1. The molecule has 1 fully saturated rings. The molecule has 0 N–H and O–H groups in total. The molecule has 0 atom stereocenters. The molecule has 1 saturated carbocycles. The van der Waals surface area contributed by atoms with Gasteiger partial charge < -0.3 is 0 Å². The highest BCUT2D eigenvalue weighted by Gasteiger charge is 2.27. The van der Waals surface area contributed by atoms with Crippen LogP contribution in [0.1, 0.15) is 273 Å². The van der Waals surface area contributed by atoms with Gasteiger partial charge in [0.2, 0.25) is 28.5 Å². The zero-order chi connectivity index (χ0) is 82.6. The van der Waals surface area contributed by atoms with Gasteiger partial charge in [-0.15, -0.1) is 0 Å². The van der Waals surface area contributed by atoms with Crippen molar-refractivity contribution in [1.29, 1.82) is 0 Å². The monoisotopic (exact) mass is 1490 g/mol. The smallest absolute Gasteiger partial charge is 0.201 e. The molecule has 0 bridgehead atoms. The van der Waals surface area contributed by atoms with Crippen LogP contribution in [0.5, 0.6) is 0 Å². The Morgan fingerprint density at radius 1 is 0.306 bits per heavy atom. The Kier molecular flexibility index (Phi) is 30.6. The molecule has 111 heavy (non-hydrogen) atoms. The number of benzene rings is 5. The van der Waals surface area contributed by atoms with Crippen molar-refractivity contribution in [3.8, 4) is 56.3 Å². The Morgan fingerprint density at radius 3 is 1.02 bits per heavy atom. The second kappa shape index (κ2) is 37.7. The number of hydrogen-bond donors (Lipinski definition) is 0. The normalized spacial score (nSPS) is 12.9. The van der Waals surface area contributed by atoms with Crippen molar-refractivity contribution in [3.05, 3.63) is 266 Å². The molecule has 0 saturated heterocycles. The van der Waals surface area contributed by atoms with E-state index in [0.717, 1.165) is 38.0 Å². The number of rotatable bonds is 13. The highest BCUT2D eigenvalue weighted by atomic mass is 14.9. The van der Waals surface area contributed by atoms with Crippen LogP contribution in [0, 0.1) is 69.1 Å². The first-order valence-electron chi connectivity index (χ1n) is 41.9. The molecule has 0 aliphatic heterocycles. The van der Waals surface area contributed by atoms with E-state index < -0.39 is 0 Å². The molecule has 0 radical (unpaired) electrons. The number of pyridine rings is 5. The molecule has 5 heteroatoms. The maximum Gasteiger partial charge on any atom is 0.212 e. The van der Waals surface area contributed by atoms with Gasteiger partial charge in [-0.2, -0.15) is 0 Å². The molecular weight excluding hydrogens is 1340 g/mol. The first-order chi connectivity index (χ1) is 51.4. The van der Waals surface area contributed by atoms with Crippen LogP contribution in [0.3, 0.4) is 0 Å². The Balaban J connectivity index is 0.000000193. The molecule has 1 aliphatic rings. The van der Waals surface area contributed by atoms with E-state index >= 15 is 0 Å². The van der Waals surface area contributed by atoms with Gasteiger partial charge in [-0.25, -0.2) is 22.8 Å². The van der Waals surface area contributed by atoms with Crippen molar-refractivity contribution in [1.82, 2.24) is 0 Å². The number of hydrogen-bond acceptors (Lipinski definition) is 0. The van der Waals surface area contributed by atoms with Crippen LogP contribution in [0.2, 0.25) is 0 Å². The fraction of sp³-hybridized carbons (Fsp3) is 0.481. The topological polar surface area (TPSA) is 19.4 Å². The minimum atomic E-state index is 0.171. The molecule has 0 amide bonds. The third-order valence-electron chi connectivity index (χ3n) is 21.6. The lowest BCUT2D eigenvalue weighted by atomic mass is 9.84. The third kappa shape index (κ3) is 27.3. The van der Waals surface area contributed by atoms with Crippen LogP contribution in [0.25, 0.3) is 56.3 Å². The van der Waals surface area contributed by atoms with E-state index in [1.165, 1.54) is 165 Å². The Labute approximate surface area is 678 Å². The van der Waals surface area contributed by atoms with Crippen LogP contribution in [0.4, 0.5) is 0 Å². The summed E-state index contributed by atoms with van der Waals surface area (Å²) in [7, 11) is 10.7. The Morgan fingerprint density at radius 2 is 0.640 bits per heavy atom. The predicted octanol–water partition coefficient (Wildman–Crippen LogP) is 25.7. The summed E-state index contributed by atoms with van der Waals surface area (Å²) in [5.41, 5.74) is 35.8. The lowest BCUT2D eigenvalue weighted by Gasteiger charge is -2.21. The van der Waals surface area contributed by atoms with E-state index in [2.05, 4.69) is 435 Å². The van der Waals surface area contributed by atoms with Crippen LogP contribution in [-0.2, 0) is 78.2 Å². The van der Waals surface area contributed by atoms with Crippen LogP contribution in [0.15, 0.2) is 183 Å². The Bertz CT molecular complexity index is 4750. The Hall–Kier alpha value is -8.15. The average Bonchev–Trinajstić information content (AvgIpc) is 1.48. The van der Waals surface area contributed by atoms with Crippen LogP contribution in [-0.4, -0.2) is 0 Å². The summed E-state index contributed by atoms with van der Waals surface area (Å²) in [4.78, 5) is 0. The van der Waals surface area contributed by atoms with Gasteiger partial charge in [0.05, 0.1) is 0 Å². The maximum atomic E-state index is 2.43. The zero-order valence-corrected chi connectivity index (χ0v) is 76.2. The summed E-state index contributed by atoms with van der Waals surface area (Å²) < 4.78 is 11.2. The first-order valence-corrected chi connectivity index (χ1v) is 41.9. The fourth-order valence-corrected chi connectivity index (χ4v) is 15.4. The van der Waals surface area contributed by atoms with E-state index in [1.54, 1.807) is 0 Å². The van der Waals surface area contributed by atoms with E-state index in [4.69, 9.17) is 0 Å². The number of aromatic nitrogens is 5. The first kappa shape index (κ1) is 90.0. The molecule has 1 aliphatic carbocycles. The molecule has 0 spiro atoms. The average molecular weight is 1490 g/mol. The maximum absolute atomic E-state index is 2.43. The molecule has 5 nitrogen and oxygen atoms in total. The minimum absolute atomic E-state index is 0.171. The molecule has 594 valence electrons. The summed E-state index contributed by atoms with van der Waals surface area (Å²) in [5, 5.41) is 0. The van der Waals surface area contributed by atoms with E-state index in [9.17, 15) is 0 Å². The highest BCUT2D eigenvalue weighted by Crippen LogP contribution is 2.38. The van der Waals surface area contributed by atoms with E-state index in [-0.39, 0.29) is 10.8 Å². The lowest BCUT2D eigenvalue weighted by Crippen LogP contribution is -2.31. The van der Waals surface area contributed by atoms with Crippen molar-refractivity contribution < 1.29 is 22.8 Å². The lowest BCUT2D eigenvalue weighted by molar-refractivity contribution is -0.660. The second-order valence-corrected chi connectivity index (χ2v) is 40.9. The van der Waals surface area contributed by atoms with E-state index in [1.807, 2.05) is 0 Å². The molecular formula is C106H150N5+5. The van der Waals surface area contributed by atoms with Crippen molar-refractivity contribution in [2.45, 2.75) is 274 Å². The van der Waals surface area contributed by atoms with E-state index in [0.29, 0.717) is 33.5 Å². The molecule has 11 rings (SSSR count). The summed E-state index contributed by atoms with van der Waals surface area (Å²) in [6, 6.07) is 57.5. The molecule has 5 aromatic carbocycles. The SMILES string of the molecule is Cc1cc(C(C)(C)C)ccc1-c1cc(C2CCCC2)cc[n+]1C.Cc1ccc(C(C)(C)C)cc1-c1cc(CC(C)(C)C)cc[n+]1C.Cc1ccc(C(C)C)cc1-c1cc(CC(C)(C)C)cc[n+]1C.Cc1ccc(C)c(-c2cc(CC(C)(C)C)cc[n+]2C)c1.Cc1ccc(CC(C)C)cc1-c1cc(CC(C)(C)C)cc[n+]1C. The summed E-state index contributed by atoms with van der Waals surface area (Å²) in [6.07, 6.45) is 22.0. The largest absolute Gasteiger partial charge is 0.212 e. The van der Waals surface area contributed by atoms with Gasteiger partial charge in [-0.05, 0) is 245 Å². The molecule has 0 unspecified atom stereocenters. The fourth-order valence-electron chi connectivity index (χ4n) is 15.4. The molecule has 5 aromatic heterocycles. The van der Waals surface area contributed by atoms with Gasteiger partial charge in [-0.1, -0.05) is 231 Å². The number of nitrogens with zero attached hydrogens (tertiary/aromatic N) is 5. The molecule has 10 aromatic rings. The van der Waals surface area contributed by atoms with Crippen LogP contribution < -0.4 is 22.8 Å². The highest BCUT2D eigenvalue weighted by molar-refractivity contribution is 5.67. The van der Waals surface area contributed by atoms with Crippen molar-refractivity contribution >= 4 is 0 Å². The molecule has 5 heterocycles. The third-order valence-corrected chi connectivity index (χ3v) is 21.6. The van der Waals surface area contributed by atoms with Gasteiger partial charge >= 0.3 is 0 Å². The summed E-state index contributed by atoms with van der Waals surface area (Å²) >= 11 is 0. The quantitative estimate of drug-likeness (QED) is 0.103. The van der Waals surface area contributed by atoms with Gasteiger partial charge in [-0.3, -0.25) is 0 Å². The van der Waals surface area contributed by atoms with Gasteiger partial charge in [0, 0.05) is 88.5 Å². The van der Waals surface area contributed by atoms with Crippen molar-refractivity contribution in [2.75, 3.05) is 0 Å². The second-order valence-electron chi connectivity index (χ2n) is 40.9. The van der Waals surface area contributed by atoms with Gasteiger partial charge in [0.25, 0.3) is 0 Å². The van der Waals surface area contributed by atoms with Crippen molar-refractivity contribution in [3.63, 3.8) is 0 Å². The zero-order valence-electron chi connectivity index (χ0n) is 76.2. The van der Waals surface area contributed by atoms with Crippen molar-refractivity contribution in [2.24, 2.45) is 62.8 Å². The number of aryl methyl sites for hydroxylation is 11. The predicted molar refractivity (Wildman–Crippen MR) is 478 cm³/mol. The minimum Gasteiger partial charge on any atom is -0.201 e. The summed E-state index contributed by atoms with van der Waals surface area (Å²) in [6.45, 7) is 63.5.